The number of thiazole rings is 1. The minimum atomic E-state index is -0.268. The Morgan fingerprint density at radius 3 is 2.80 bits per heavy atom. The van der Waals surface area contributed by atoms with E-state index in [4.69, 9.17) is 16.3 Å². The van der Waals surface area contributed by atoms with E-state index in [1.165, 1.54) is 23.5 Å². The molecule has 25 heavy (non-hydrogen) atoms. The molecular weight excluding hydrogens is 363 g/mol. The Labute approximate surface area is 153 Å². The molecule has 0 unspecified atom stereocenters. The smallest absolute Gasteiger partial charge is 0.226 e. The van der Waals surface area contributed by atoms with Gasteiger partial charge in [-0.25, -0.2) is 9.37 Å². The molecule has 4 nitrogen and oxygen atoms in total. The highest BCUT2D eigenvalue weighted by Gasteiger charge is 2.09. The van der Waals surface area contributed by atoms with Crippen LogP contribution in [0.4, 0.5) is 9.52 Å². The summed E-state index contributed by atoms with van der Waals surface area (Å²) in [5, 5.41) is 3.34. The van der Waals surface area contributed by atoms with Gasteiger partial charge in [0.05, 0.1) is 10.2 Å². The number of anilines is 1. The summed E-state index contributed by atoms with van der Waals surface area (Å²) in [5.74, 6) is 0.797. The van der Waals surface area contributed by atoms with Crippen LogP contribution in [0.3, 0.4) is 0 Å². The molecular formula is C18H16ClFN2O2S. The van der Waals surface area contributed by atoms with Gasteiger partial charge >= 0.3 is 0 Å². The number of benzene rings is 2. The Morgan fingerprint density at radius 1 is 1.24 bits per heavy atom. The summed E-state index contributed by atoms with van der Waals surface area (Å²) in [7, 11) is 0. The molecule has 0 bridgehead atoms. The average Bonchev–Trinajstić information content (AvgIpc) is 3.00. The molecule has 1 amide bonds. The molecule has 0 saturated carbocycles. The van der Waals surface area contributed by atoms with Crippen molar-refractivity contribution in [3.8, 4) is 5.75 Å². The van der Waals surface area contributed by atoms with E-state index in [-0.39, 0.29) is 11.7 Å². The molecule has 0 saturated heterocycles. The van der Waals surface area contributed by atoms with Crippen LogP contribution in [0.15, 0.2) is 42.5 Å². The molecule has 0 fully saturated rings. The van der Waals surface area contributed by atoms with E-state index in [1.807, 2.05) is 18.2 Å². The van der Waals surface area contributed by atoms with Gasteiger partial charge in [-0.15, -0.1) is 11.6 Å². The monoisotopic (exact) mass is 378 g/mol. The van der Waals surface area contributed by atoms with Crippen LogP contribution < -0.4 is 10.1 Å². The van der Waals surface area contributed by atoms with E-state index in [1.54, 1.807) is 12.1 Å². The minimum Gasteiger partial charge on any atom is -0.489 e. The third kappa shape index (κ3) is 4.90. The van der Waals surface area contributed by atoms with Crippen molar-refractivity contribution in [1.82, 2.24) is 4.98 Å². The van der Waals surface area contributed by atoms with E-state index >= 15 is 0 Å². The van der Waals surface area contributed by atoms with E-state index < -0.39 is 0 Å². The second-order valence-corrected chi connectivity index (χ2v) is 6.81. The van der Waals surface area contributed by atoms with Gasteiger partial charge in [-0.2, -0.15) is 0 Å². The third-order valence-corrected chi connectivity index (χ3v) is 4.66. The molecule has 1 aromatic heterocycles. The molecule has 0 aliphatic carbocycles. The van der Waals surface area contributed by atoms with Crippen molar-refractivity contribution in [3.63, 3.8) is 0 Å². The van der Waals surface area contributed by atoms with Gasteiger partial charge in [-0.05, 0) is 42.3 Å². The quantitative estimate of drug-likeness (QED) is 0.590. The zero-order valence-corrected chi connectivity index (χ0v) is 14.9. The second kappa shape index (κ2) is 8.27. The average molecular weight is 379 g/mol. The first-order chi connectivity index (χ1) is 12.1. The first-order valence-corrected chi connectivity index (χ1v) is 9.13. The van der Waals surface area contributed by atoms with E-state index in [0.717, 1.165) is 15.8 Å². The first kappa shape index (κ1) is 17.6. The number of amides is 1. The summed E-state index contributed by atoms with van der Waals surface area (Å²) in [5.41, 5.74) is 1.69. The summed E-state index contributed by atoms with van der Waals surface area (Å²) in [6.45, 7) is 0.354. The zero-order valence-electron chi connectivity index (χ0n) is 13.3. The zero-order chi connectivity index (χ0) is 17.6. The highest BCUT2D eigenvalue weighted by atomic mass is 35.5. The summed E-state index contributed by atoms with van der Waals surface area (Å²) < 4.78 is 19.6. The van der Waals surface area contributed by atoms with Crippen molar-refractivity contribution in [1.29, 1.82) is 0 Å². The van der Waals surface area contributed by atoms with Crippen LogP contribution in [0.1, 0.15) is 18.4 Å². The normalized spacial score (nSPS) is 10.8. The minimum absolute atomic E-state index is 0.0903. The van der Waals surface area contributed by atoms with Crippen molar-refractivity contribution in [2.75, 3.05) is 11.2 Å². The number of rotatable bonds is 7. The summed E-state index contributed by atoms with van der Waals surface area (Å²) >= 11 is 6.98. The van der Waals surface area contributed by atoms with Gasteiger partial charge in [0.2, 0.25) is 5.91 Å². The fraction of sp³-hybridized carbons (Fsp3) is 0.222. The summed E-state index contributed by atoms with van der Waals surface area (Å²) in [4.78, 5) is 16.1. The lowest BCUT2D eigenvalue weighted by Crippen LogP contribution is -2.10. The lowest BCUT2D eigenvalue weighted by Gasteiger charge is -2.06. The number of alkyl halides is 1. The number of ether oxygens (including phenoxy) is 1. The van der Waals surface area contributed by atoms with Gasteiger partial charge < -0.3 is 10.1 Å². The molecule has 0 atom stereocenters. The molecule has 2 aromatic carbocycles. The number of carbonyl (C=O) groups is 1. The molecule has 0 aliphatic heterocycles. The predicted octanol–water partition coefficient (Wildman–Crippen LogP) is 4.97. The van der Waals surface area contributed by atoms with E-state index in [0.29, 0.717) is 36.2 Å². The Morgan fingerprint density at radius 2 is 2.04 bits per heavy atom. The van der Waals surface area contributed by atoms with Crippen LogP contribution in [0, 0.1) is 5.82 Å². The van der Waals surface area contributed by atoms with Crippen molar-refractivity contribution < 1.29 is 13.9 Å². The Hall–Kier alpha value is -2.18. The number of nitrogens with zero attached hydrogens (tertiary/aromatic N) is 1. The molecule has 3 rings (SSSR count). The maximum Gasteiger partial charge on any atom is 0.226 e. The number of halogens is 2. The molecule has 0 aliphatic rings. The van der Waals surface area contributed by atoms with Gasteiger partial charge in [0.1, 0.15) is 18.2 Å². The van der Waals surface area contributed by atoms with Gasteiger partial charge in [-0.1, -0.05) is 23.5 Å². The van der Waals surface area contributed by atoms with E-state index in [9.17, 15) is 9.18 Å². The molecule has 0 spiro atoms. The fourth-order valence-corrected chi connectivity index (χ4v) is 3.25. The molecule has 1 N–H and O–H groups in total. The number of aromatic nitrogens is 1. The molecule has 1 heterocycles. The van der Waals surface area contributed by atoms with Crippen LogP contribution in [0.2, 0.25) is 0 Å². The number of carbonyl (C=O) groups excluding carboxylic acids is 1. The van der Waals surface area contributed by atoms with Gasteiger partial charge in [0.25, 0.3) is 0 Å². The highest BCUT2D eigenvalue weighted by Crippen LogP contribution is 2.29. The topological polar surface area (TPSA) is 51.2 Å². The largest absolute Gasteiger partial charge is 0.489 e. The van der Waals surface area contributed by atoms with Crippen LogP contribution in [0.25, 0.3) is 10.2 Å². The number of nitrogens with one attached hydrogen (secondary N) is 1. The van der Waals surface area contributed by atoms with Crippen molar-refractivity contribution in [2.45, 2.75) is 19.4 Å². The SMILES string of the molecule is O=C(CCCCl)Nc1nc2ccc(OCc3ccc(F)cc3)cc2s1. The van der Waals surface area contributed by atoms with Crippen LogP contribution in [-0.4, -0.2) is 16.8 Å². The summed E-state index contributed by atoms with van der Waals surface area (Å²) in [6, 6.07) is 11.7. The maximum atomic E-state index is 12.9. The molecule has 130 valence electrons. The Bertz CT molecular complexity index is 867. The number of hydrogen-bond donors (Lipinski definition) is 1. The van der Waals surface area contributed by atoms with Crippen molar-refractivity contribution in [3.05, 3.63) is 53.8 Å². The Kier molecular flexibility index (Phi) is 5.83. The predicted molar refractivity (Wildman–Crippen MR) is 98.9 cm³/mol. The highest BCUT2D eigenvalue weighted by molar-refractivity contribution is 7.22. The van der Waals surface area contributed by atoms with Crippen molar-refractivity contribution in [2.24, 2.45) is 0 Å². The van der Waals surface area contributed by atoms with Crippen LogP contribution in [-0.2, 0) is 11.4 Å². The van der Waals surface area contributed by atoms with Gasteiger partial charge in [0.15, 0.2) is 5.13 Å². The number of hydrogen-bond acceptors (Lipinski definition) is 4. The third-order valence-electron chi connectivity index (χ3n) is 3.46. The molecule has 0 radical (unpaired) electrons. The first-order valence-electron chi connectivity index (χ1n) is 7.78. The lowest BCUT2D eigenvalue weighted by atomic mass is 10.2. The fourth-order valence-electron chi connectivity index (χ4n) is 2.20. The van der Waals surface area contributed by atoms with Crippen LogP contribution in [0.5, 0.6) is 5.75 Å². The number of fused-ring (bicyclic) bond motifs is 1. The van der Waals surface area contributed by atoms with E-state index in [2.05, 4.69) is 10.3 Å². The van der Waals surface area contributed by atoms with Crippen molar-refractivity contribution >= 4 is 44.2 Å². The molecule has 3 aromatic rings. The van der Waals surface area contributed by atoms with Gasteiger partial charge in [-0.3, -0.25) is 4.79 Å². The van der Waals surface area contributed by atoms with Crippen LogP contribution >= 0.6 is 22.9 Å². The maximum absolute atomic E-state index is 12.9. The standard InChI is InChI=1S/C18H16ClFN2O2S/c19-9-1-2-17(23)22-18-21-15-8-7-14(10-16(15)25-18)24-11-12-3-5-13(20)6-4-12/h3-8,10H,1-2,9,11H2,(H,21,22,23). The molecule has 7 heteroatoms. The van der Waals surface area contributed by atoms with Gasteiger partial charge in [0, 0.05) is 12.3 Å². The summed E-state index contributed by atoms with van der Waals surface area (Å²) in [6.07, 6.45) is 1.02. The second-order valence-electron chi connectivity index (χ2n) is 5.40. The Balaban J connectivity index is 1.65. The lowest BCUT2D eigenvalue weighted by molar-refractivity contribution is -0.116.